The minimum Gasteiger partial charge on any atom is -0.458 e. The summed E-state index contributed by atoms with van der Waals surface area (Å²) >= 11 is 0. The summed E-state index contributed by atoms with van der Waals surface area (Å²) in [7, 11) is 4.03. The first-order valence-corrected chi connectivity index (χ1v) is 11.2. The third kappa shape index (κ3) is 4.16. The summed E-state index contributed by atoms with van der Waals surface area (Å²) in [5, 5.41) is 0. The van der Waals surface area contributed by atoms with E-state index in [1.807, 2.05) is 21.0 Å². The molecule has 160 valence electrons. The molecule has 0 amide bonds. The van der Waals surface area contributed by atoms with E-state index in [1.165, 1.54) is 12.8 Å². The molecule has 0 unspecified atom stereocenters. The lowest BCUT2D eigenvalue weighted by Crippen LogP contribution is -2.19. The molecule has 30 heavy (non-hydrogen) atoms. The molecule has 4 rings (SSSR count). The van der Waals surface area contributed by atoms with E-state index in [1.54, 1.807) is 0 Å². The Bertz CT molecular complexity index is 919. The normalized spacial score (nSPS) is 19.8. The highest BCUT2D eigenvalue weighted by molar-refractivity contribution is 6.03. The second-order valence-electron chi connectivity index (χ2n) is 9.01. The Morgan fingerprint density at radius 3 is 2.33 bits per heavy atom. The van der Waals surface area contributed by atoms with Crippen LogP contribution in [0, 0.1) is 6.92 Å². The summed E-state index contributed by atoms with van der Waals surface area (Å²) in [6.45, 7) is 1.86. The molecule has 2 aromatic rings. The molecule has 2 aliphatic rings. The van der Waals surface area contributed by atoms with Gasteiger partial charge in [0.2, 0.25) is 0 Å². The molecule has 1 aromatic carbocycles. The van der Waals surface area contributed by atoms with Crippen molar-refractivity contribution in [1.82, 2.24) is 4.98 Å². The van der Waals surface area contributed by atoms with Gasteiger partial charge in [0, 0.05) is 37.5 Å². The molecule has 5 nitrogen and oxygen atoms in total. The standard InChI is InChI=1S/C25H32N2O3/c1-16-23-21(26-24(16)25(29)30-20-8-6-4-5-7-9-20)14-18(15-22(23)28)17-10-12-19(13-11-17)27(2)3/h10-13,18,20,26H,4-9,14-15H2,1-3H3/t18-/m1/s1. The molecule has 0 bridgehead atoms. The number of nitrogens with zero attached hydrogens (tertiary/aromatic N) is 1. The Balaban J connectivity index is 1.53. The van der Waals surface area contributed by atoms with Gasteiger partial charge in [-0.2, -0.15) is 0 Å². The molecule has 1 aromatic heterocycles. The Labute approximate surface area is 178 Å². The minimum atomic E-state index is -0.312. The number of hydrogen-bond acceptors (Lipinski definition) is 4. The maximum absolute atomic E-state index is 13.0. The number of carbonyl (C=O) groups is 2. The first-order chi connectivity index (χ1) is 14.4. The maximum atomic E-state index is 13.0. The Kier molecular flexibility index (Phi) is 5.98. The van der Waals surface area contributed by atoms with Crippen LogP contribution in [0.2, 0.25) is 0 Å². The van der Waals surface area contributed by atoms with E-state index >= 15 is 0 Å². The van der Waals surface area contributed by atoms with Gasteiger partial charge < -0.3 is 14.6 Å². The second-order valence-corrected chi connectivity index (χ2v) is 9.01. The van der Waals surface area contributed by atoms with E-state index in [4.69, 9.17) is 4.74 Å². The molecular formula is C25H32N2O3. The average molecular weight is 409 g/mol. The van der Waals surface area contributed by atoms with Crippen LogP contribution in [0.1, 0.15) is 88.5 Å². The average Bonchev–Trinajstić information content (AvgIpc) is 2.89. The predicted molar refractivity (Wildman–Crippen MR) is 119 cm³/mol. The fraction of sp³-hybridized carbons (Fsp3) is 0.520. The zero-order valence-corrected chi connectivity index (χ0v) is 18.3. The number of rotatable bonds is 4. The van der Waals surface area contributed by atoms with E-state index < -0.39 is 0 Å². The van der Waals surface area contributed by atoms with Crippen molar-refractivity contribution in [2.24, 2.45) is 0 Å². The van der Waals surface area contributed by atoms with Crippen molar-refractivity contribution in [3.63, 3.8) is 0 Å². The van der Waals surface area contributed by atoms with Crippen LogP contribution in [0.15, 0.2) is 24.3 Å². The van der Waals surface area contributed by atoms with Crippen molar-refractivity contribution >= 4 is 17.4 Å². The number of ketones is 1. The van der Waals surface area contributed by atoms with Crippen LogP contribution in [0.4, 0.5) is 5.69 Å². The van der Waals surface area contributed by atoms with Crippen LogP contribution in [-0.2, 0) is 11.2 Å². The summed E-state index contributed by atoms with van der Waals surface area (Å²) in [6, 6.07) is 8.39. The fourth-order valence-electron chi connectivity index (χ4n) is 4.89. The number of H-pyrrole nitrogens is 1. The van der Waals surface area contributed by atoms with Gasteiger partial charge in [0.05, 0.1) is 0 Å². The molecule has 1 atom stereocenters. The minimum absolute atomic E-state index is 0.00149. The Hall–Kier alpha value is -2.56. The van der Waals surface area contributed by atoms with Crippen LogP contribution in [0.25, 0.3) is 0 Å². The summed E-state index contributed by atoms with van der Waals surface area (Å²) in [6.07, 6.45) is 7.76. The van der Waals surface area contributed by atoms with Crippen molar-refractivity contribution in [3.8, 4) is 0 Å². The van der Waals surface area contributed by atoms with Crippen LogP contribution >= 0.6 is 0 Å². The van der Waals surface area contributed by atoms with Gasteiger partial charge in [0.1, 0.15) is 11.8 Å². The van der Waals surface area contributed by atoms with Gasteiger partial charge >= 0.3 is 5.97 Å². The second kappa shape index (κ2) is 8.66. The van der Waals surface area contributed by atoms with Crippen molar-refractivity contribution in [3.05, 3.63) is 52.3 Å². The Morgan fingerprint density at radius 2 is 1.70 bits per heavy atom. The maximum Gasteiger partial charge on any atom is 0.355 e. The number of aromatic amines is 1. The number of aromatic nitrogens is 1. The van der Waals surface area contributed by atoms with Crippen molar-refractivity contribution in [2.45, 2.75) is 70.3 Å². The molecule has 1 fully saturated rings. The SMILES string of the molecule is Cc1c(C(=O)OC2CCCCCC2)[nH]c2c1C(=O)C[C@H](c1ccc(N(C)C)cc1)C2. The van der Waals surface area contributed by atoms with Gasteiger partial charge in [-0.1, -0.05) is 25.0 Å². The number of ether oxygens (including phenoxy) is 1. The zero-order chi connectivity index (χ0) is 21.3. The van der Waals surface area contributed by atoms with Crippen LogP contribution in [-0.4, -0.2) is 36.9 Å². The van der Waals surface area contributed by atoms with Crippen LogP contribution < -0.4 is 4.90 Å². The van der Waals surface area contributed by atoms with Crippen molar-refractivity contribution < 1.29 is 14.3 Å². The molecular weight excluding hydrogens is 376 g/mol. The lowest BCUT2D eigenvalue weighted by molar-refractivity contribution is 0.0260. The molecule has 0 aliphatic heterocycles. The van der Waals surface area contributed by atoms with Gasteiger partial charge in [-0.05, 0) is 68.2 Å². The van der Waals surface area contributed by atoms with Gasteiger partial charge in [-0.3, -0.25) is 4.79 Å². The number of anilines is 1. The number of carbonyl (C=O) groups excluding carboxylic acids is 2. The highest BCUT2D eigenvalue weighted by atomic mass is 16.5. The highest BCUT2D eigenvalue weighted by Gasteiger charge is 2.33. The molecule has 2 aliphatic carbocycles. The lowest BCUT2D eigenvalue weighted by atomic mass is 9.81. The molecule has 0 saturated heterocycles. The van der Waals surface area contributed by atoms with Crippen molar-refractivity contribution in [2.75, 3.05) is 19.0 Å². The molecule has 1 N–H and O–H groups in total. The van der Waals surface area contributed by atoms with Crippen LogP contribution in [0.3, 0.4) is 0 Å². The molecule has 0 spiro atoms. The third-order valence-corrected chi connectivity index (χ3v) is 6.65. The molecule has 1 heterocycles. The number of nitrogens with one attached hydrogen (secondary N) is 1. The number of fused-ring (bicyclic) bond motifs is 1. The van der Waals surface area contributed by atoms with E-state index in [-0.39, 0.29) is 23.8 Å². The first-order valence-electron chi connectivity index (χ1n) is 11.2. The highest BCUT2D eigenvalue weighted by Crippen LogP contribution is 2.36. The summed E-state index contributed by atoms with van der Waals surface area (Å²) in [5.74, 6) is -0.0707. The van der Waals surface area contributed by atoms with Gasteiger partial charge in [-0.25, -0.2) is 4.79 Å². The predicted octanol–water partition coefficient (Wildman–Crippen LogP) is 5.18. The smallest absolute Gasteiger partial charge is 0.355 e. The monoisotopic (exact) mass is 408 g/mol. The number of Topliss-reactive ketones (excluding diaryl/α,β-unsaturated/α-hetero) is 1. The van der Waals surface area contributed by atoms with Gasteiger partial charge in [0.15, 0.2) is 5.78 Å². The van der Waals surface area contributed by atoms with Gasteiger partial charge in [-0.15, -0.1) is 0 Å². The summed E-state index contributed by atoms with van der Waals surface area (Å²) in [5.41, 5.74) is 5.08. The zero-order valence-electron chi connectivity index (χ0n) is 18.3. The molecule has 1 saturated carbocycles. The summed E-state index contributed by atoms with van der Waals surface area (Å²) < 4.78 is 5.81. The topological polar surface area (TPSA) is 62.4 Å². The Morgan fingerprint density at radius 1 is 1.03 bits per heavy atom. The first kappa shape index (κ1) is 20.7. The molecule has 0 radical (unpaired) electrons. The molecule has 5 heteroatoms. The number of esters is 1. The summed E-state index contributed by atoms with van der Waals surface area (Å²) in [4.78, 5) is 31.1. The van der Waals surface area contributed by atoms with E-state index in [9.17, 15) is 9.59 Å². The number of hydrogen-bond donors (Lipinski definition) is 1. The van der Waals surface area contributed by atoms with E-state index in [0.717, 1.165) is 54.6 Å². The van der Waals surface area contributed by atoms with Crippen molar-refractivity contribution in [1.29, 1.82) is 0 Å². The third-order valence-electron chi connectivity index (χ3n) is 6.65. The van der Waals surface area contributed by atoms with E-state index in [2.05, 4.69) is 34.1 Å². The lowest BCUT2D eigenvalue weighted by Gasteiger charge is -2.23. The van der Waals surface area contributed by atoms with Crippen LogP contribution in [0.5, 0.6) is 0 Å². The van der Waals surface area contributed by atoms with Gasteiger partial charge in [0.25, 0.3) is 0 Å². The largest absolute Gasteiger partial charge is 0.458 e. The number of benzene rings is 1. The fourth-order valence-corrected chi connectivity index (χ4v) is 4.89. The quantitative estimate of drug-likeness (QED) is 0.559. The van der Waals surface area contributed by atoms with E-state index in [0.29, 0.717) is 17.7 Å².